The third-order valence-electron chi connectivity index (χ3n) is 8.19. The summed E-state index contributed by atoms with van der Waals surface area (Å²) in [5.41, 5.74) is 5.32. The third kappa shape index (κ3) is 9.23. The molecule has 43 heavy (non-hydrogen) atoms. The highest BCUT2D eigenvalue weighted by Gasteiger charge is 2.32. The summed E-state index contributed by atoms with van der Waals surface area (Å²) < 4.78 is 28.9. The van der Waals surface area contributed by atoms with Crippen LogP contribution in [0, 0.1) is 12.8 Å². The molecule has 0 saturated carbocycles. The summed E-state index contributed by atoms with van der Waals surface area (Å²) in [6.45, 7) is 4.28. The van der Waals surface area contributed by atoms with Crippen molar-refractivity contribution in [1.29, 1.82) is 0 Å². The van der Waals surface area contributed by atoms with Crippen LogP contribution in [0.1, 0.15) is 46.3 Å². The lowest BCUT2D eigenvalue weighted by Crippen LogP contribution is -2.42. The Balaban J connectivity index is 1.56. The van der Waals surface area contributed by atoms with E-state index in [4.69, 9.17) is 4.74 Å². The number of hydrogen-bond acceptors (Lipinski definition) is 6. The molecule has 0 aromatic heterocycles. The first-order chi connectivity index (χ1) is 20.5. The van der Waals surface area contributed by atoms with E-state index in [0.29, 0.717) is 36.2 Å². The van der Waals surface area contributed by atoms with Gasteiger partial charge in [-0.25, -0.2) is 13.2 Å². The second-order valence-electron chi connectivity index (χ2n) is 11.6. The second kappa shape index (κ2) is 14.8. The molecule has 3 aromatic rings. The molecule has 3 unspecified atom stereocenters. The predicted molar refractivity (Wildman–Crippen MR) is 169 cm³/mol. The second-order valence-corrected chi connectivity index (χ2v) is 13.9. The zero-order valence-corrected chi connectivity index (χ0v) is 26.0. The van der Waals surface area contributed by atoms with E-state index in [1.807, 2.05) is 49.4 Å². The molecule has 0 radical (unpaired) electrons. The standard InChI is InChI=1S/C34H42N2O6S/c1-24-9-7-8-12-29(24)31-20-27(15-16-30(31)33(37)35-32(34(38)39)17-18-43(3,40)41)22-36-21-26(19-28(36)23-42-2)14-13-25-10-5-4-6-11-25/h4-12,15-16,20,26,28,32H,13-14,17-19,21-23H2,1-3H3,(H,35,37)(H,38,39). The summed E-state index contributed by atoms with van der Waals surface area (Å²) >= 11 is 0. The topological polar surface area (TPSA) is 113 Å². The summed E-state index contributed by atoms with van der Waals surface area (Å²) in [6, 6.07) is 23.0. The zero-order valence-electron chi connectivity index (χ0n) is 25.2. The number of likely N-dealkylation sites (tertiary alicyclic amines) is 1. The van der Waals surface area contributed by atoms with Crippen molar-refractivity contribution in [2.45, 2.75) is 51.2 Å². The smallest absolute Gasteiger partial charge is 0.326 e. The number of aryl methyl sites for hydroxylation is 2. The van der Waals surface area contributed by atoms with Gasteiger partial charge in [-0.2, -0.15) is 0 Å². The molecule has 1 aliphatic heterocycles. The minimum Gasteiger partial charge on any atom is -0.480 e. The molecule has 3 atom stereocenters. The number of benzene rings is 3. The third-order valence-corrected chi connectivity index (χ3v) is 9.17. The number of sulfone groups is 1. The lowest BCUT2D eigenvalue weighted by molar-refractivity contribution is -0.139. The monoisotopic (exact) mass is 606 g/mol. The van der Waals surface area contributed by atoms with E-state index >= 15 is 0 Å². The zero-order chi connectivity index (χ0) is 31.0. The van der Waals surface area contributed by atoms with Crippen LogP contribution in [0.4, 0.5) is 0 Å². The number of carbonyl (C=O) groups is 2. The summed E-state index contributed by atoms with van der Waals surface area (Å²) in [5.74, 6) is -1.60. The quantitative estimate of drug-likeness (QED) is 0.272. The maximum Gasteiger partial charge on any atom is 0.326 e. The predicted octanol–water partition coefficient (Wildman–Crippen LogP) is 4.75. The highest BCUT2D eigenvalue weighted by molar-refractivity contribution is 7.90. The first kappa shape index (κ1) is 32.4. The lowest BCUT2D eigenvalue weighted by Gasteiger charge is -2.24. The van der Waals surface area contributed by atoms with Crippen LogP contribution in [-0.2, 0) is 32.3 Å². The Morgan fingerprint density at radius 2 is 1.74 bits per heavy atom. The van der Waals surface area contributed by atoms with Crippen LogP contribution < -0.4 is 5.32 Å². The molecule has 2 N–H and O–H groups in total. The fourth-order valence-electron chi connectivity index (χ4n) is 5.92. The summed E-state index contributed by atoms with van der Waals surface area (Å²) in [4.78, 5) is 27.8. The largest absolute Gasteiger partial charge is 0.480 e. The average Bonchev–Trinajstić information content (AvgIpc) is 3.35. The SMILES string of the molecule is COCC1CC(CCc2ccccc2)CN1Cc1ccc(C(=O)NC(CCS(C)(=O)=O)C(=O)O)c(-c2ccccc2C)c1. The van der Waals surface area contributed by atoms with Gasteiger partial charge in [0.25, 0.3) is 5.91 Å². The summed E-state index contributed by atoms with van der Waals surface area (Å²) in [6.07, 6.45) is 4.06. The van der Waals surface area contributed by atoms with E-state index < -0.39 is 27.8 Å². The number of amides is 1. The Morgan fingerprint density at radius 3 is 2.42 bits per heavy atom. The van der Waals surface area contributed by atoms with Crippen LogP contribution in [-0.4, -0.2) is 74.7 Å². The van der Waals surface area contributed by atoms with E-state index in [0.717, 1.165) is 48.8 Å². The van der Waals surface area contributed by atoms with Gasteiger partial charge in [-0.1, -0.05) is 60.7 Å². The van der Waals surface area contributed by atoms with Crippen LogP contribution >= 0.6 is 0 Å². The van der Waals surface area contributed by atoms with Crippen molar-refractivity contribution in [1.82, 2.24) is 10.2 Å². The van der Waals surface area contributed by atoms with Gasteiger partial charge < -0.3 is 15.2 Å². The van der Waals surface area contributed by atoms with Crippen LogP contribution in [0.2, 0.25) is 0 Å². The van der Waals surface area contributed by atoms with E-state index in [-0.39, 0.29) is 12.2 Å². The van der Waals surface area contributed by atoms with Crippen molar-refractivity contribution in [2.24, 2.45) is 5.92 Å². The van der Waals surface area contributed by atoms with E-state index in [9.17, 15) is 23.1 Å². The highest BCUT2D eigenvalue weighted by Crippen LogP contribution is 2.32. The van der Waals surface area contributed by atoms with E-state index in [1.54, 1.807) is 13.2 Å². The average molecular weight is 607 g/mol. The summed E-state index contributed by atoms with van der Waals surface area (Å²) in [7, 11) is -1.65. The van der Waals surface area contributed by atoms with Crippen LogP contribution in [0.3, 0.4) is 0 Å². The van der Waals surface area contributed by atoms with Gasteiger partial charge in [0, 0.05) is 38.1 Å². The van der Waals surface area contributed by atoms with Gasteiger partial charge in [-0.05, 0) is 78.5 Å². The molecule has 1 heterocycles. The number of nitrogens with zero attached hydrogens (tertiary/aromatic N) is 1. The number of hydrogen-bond donors (Lipinski definition) is 2. The normalized spacial score (nSPS) is 17.9. The van der Waals surface area contributed by atoms with Gasteiger partial charge in [0.1, 0.15) is 15.9 Å². The number of carboxylic acids is 1. The molecule has 1 aliphatic rings. The molecule has 1 fully saturated rings. The van der Waals surface area contributed by atoms with E-state index in [2.05, 4.69) is 34.5 Å². The molecule has 0 bridgehead atoms. The number of carboxylic acid groups (broad SMARTS) is 1. The Kier molecular flexibility index (Phi) is 11.1. The number of rotatable bonds is 14. The van der Waals surface area contributed by atoms with Crippen LogP contribution in [0.15, 0.2) is 72.8 Å². The molecule has 8 nitrogen and oxygen atoms in total. The Labute approximate surface area is 255 Å². The molecule has 0 aliphatic carbocycles. The molecule has 1 saturated heterocycles. The number of aliphatic carboxylic acids is 1. The fourth-order valence-corrected chi connectivity index (χ4v) is 6.58. The van der Waals surface area contributed by atoms with Gasteiger partial charge in [-0.3, -0.25) is 9.69 Å². The fraction of sp³-hybridized carbons (Fsp3) is 0.412. The van der Waals surface area contributed by atoms with Gasteiger partial charge in [-0.15, -0.1) is 0 Å². The summed E-state index contributed by atoms with van der Waals surface area (Å²) in [5, 5.41) is 12.2. The number of methoxy groups -OCH3 is 1. The first-order valence-corrected chi connectivity index (χ1v) is 16.8. The molecule has 0 spiro atoms. The lowest BCUT2D eigenvalue weighted by atomic mass is 9.93. The first-order valence-electron chi connectivity index (χ1n) is 14.7. The van der Waals surface area contributed by atoms with Crippen LogP contribution in [0.25, 0.3) is 11.1 Å². The molecule has 9 heteroatoms. The maximum absolute atomic E-state index is 13.5. The number of ether oxygens (including phenoxy) is 1. The Hall–Kier alpha value is -3.53. The van der Waals surface area contributed by atoms with Crippen molar-refractivity contribution in [2.75, 3.05) is 32.3 Å². The van der Waals surface area contributed by atoms with Gasteiger partial charge in [0.15, 0.2) is 0 Å². The maximum atomic E-state index is 13.5. The van der Waals surface area contributed by atoms with Crippen molar-refractivity contribution in [3.05, 3.63) is 95.1 Å². The van der Waals surface area contributed by atoms with E-state index in [1.165, 1.54) is 5.56 Å². The Morgan fingerprint density at radius 1 is 1.02 bits per heavy atom. The molecule has 4 rings (SSSR count). The number of nitrogens with one attached hydrogen (secondary N) is 1. The van der Waals surface area contributed by atoms with Gasteiger partial charge >= 0.3 is 5.97 Å². The highest BCUT2D eigenvalue weighted by atomic mass is 32.2. The molecule has 230 valence electrons. The van der Waals surface area contributed by atoms with Crippen molar-refractivity contribution in [3.8, 4) is 11.1 Å². The van der Waals surface area contributed by atoms with Crippen molar-refractivity contribution >= 4 is 21.7 Å². The van der Waals surface area contributed by atoms with Crippen molar-refractivity contribution in [3.63, 3.8) is 0 Å². The minimum atomic E-state index is -3.39. The molecule has 1 amide bonds. The van der Waals surface area contributed by atoms with Crippen LogP contribution in [0.5, 0.6) is 0 Å². The van der Waals surface area contributed by atoms with Gasteiger partial charge in [0.2, 0.25) is 0 Å². The van der Waals surface area contributed by atoms with Gasteiger partial charge in [0.05, 0.1) is 12.4 Å². The van der Waals surface area contributed by atoms with Crippen molar-refractivity contribution < 1.29 is 27.9 Å². The number of carbonyl (C=O) groups excluding carboxylic acids is 1. The molecular weight excluding hydrogens is 564 g/mol. The molecule has 3 aromatic carbocycles. The Bertz CT molecular complexity index is 1510. The minimum absolute atomic E-state index is 0.209. The molecular formula is C34H42N2O6S.